The molecule has 0 amide bonds. The van der Waals surface area contributed by atoms with Crippen molar-refractivity contribution in [2.75, 3.05) is 0 Å². The first kappa shape index (κ1) is 12.6. The average Bonchev–Trinajstić information content (AvgIpc) is 2.88. The van der Waals surface area contributed by atoms with Gasteiger partial charge in [-0.15, -0.1) is 0 Å². The van der Waals surface area contributed by atoms with Gasteiger partial charge in [0.25, 0.3) is 0 Å². The van der Waals surface area contributed by atoms with Gasteiger partial charge >= 0.3 is 0 Å². The van der Waals surface area contributed by atoms with E-state index in [1.165, 1.54) is 0 Å². The number of nitrogens with zero attached hydrogens (tertiary/aromatic N) is 2. The average molecular weight is 341 g/mol. The summed E-state index contributed by atoms with van der Waals surface area (Å²) in [6.07, 6.45) is 0. The Balaban J connectivity index is 2.40. The fraction of sp³-hybridized carbons (Fsp3) is 0.0769. The lowest BCUT2D eigenvalue weighted by Gasteiger charge is -2.07. The van der Waals surface area contributed by atoms with Crippen molar-refractivity contribution in [3.8, 4) is 11.1 Å². The van der Waals surface area contributed by atoms with Gasteiger partial charge in [-0.25, -0.2) is 8.78 Å². The number of aryl methyl sites for hydroxylation is 1. The van der Waals surface area contributed by atoms with E-state index in [0.717, 1.165) is 17.3 Å². The van der Waals surface area contributed by atoms with Crippen LogP contribution in [0.5, 0.6) is 0 Å². The molecule has 0 saturated carbocycles. The highest BCUT2D eigenvalue weighted by Crippen LogP contribution is 2.37. The maximum Gasteiger partial charge on any atom is 0.176 e. The molecule has 0 saturated heterocycles. The molecule has 19 heavy (non-hydrogen) atoms. The highest BCUT2D eigenvalue weighted by atomic mass is 79.9. The third-order valence-corrected chi connectivity index (χ3v) is 4.13. The van der Waals surface area contributed by atoms with E-state index in [1.807, 2.05) is 19.1 Å². The summed E-state index contributed by atoms with van der Waals surface area (Å²) in [6.45, 7) is 1.93. The van der Waals surface area contributed by atoms with Crippen LogP contribution in [0.3, 0.4) is 0 Å². The van der Waals surface area contributed by atoms with Gasteiger partial charge in [0.05, 0.1) is 16.2 Å². The zero-order chi connectivity index (χ0) is 13.6. The number of aromatic nitrogens is 2. The lowest BCUT2D eigenvalue weighted by molar-refractivity contribution is 0.509. The molecule has 3 rings (SSSR count). The van der Waals surface area contributed by atoms with Crippen LogP contribution in [0.15, 0.2) is 28.7 Å². The van der Waals surface area contributed by atoms with Gasteiger partial charge in [0, 0.05) is 5.56 Å². The van der Waals surface area contributed by atoms with Gasteiger partial charge in [0.15, 0.2) is 11.6 Å². The molecular formula is C13H7BrF2N2S. The Labute approximate surface area is 120 Å². The maximum absolute atomic E-state index is 14.2. The minimum absolute atomic E-state index is 0.0182. The number of rotatable bonds is 1. The molecule has 0 spiro atoms. The van der Waals surface area contributed by atoms with Crippen molar-refractivity contribution >= 4 is 38.7 Å². The van der Waals surface area contributed by atoms with Crippen LogP contribution in [0, 0.1) is 18.6 Å². The van der Waals surface area contributed by atoms with E-state index in [4.69, 9.17) is 0 Å². The fourth-order valence-electron chi connectivity index (χ4n) is 1.89. The third kappa shape index (κ3) is 1.95. The van der Waals surface area contributed by atoms with Crippen LogP contribution >= 0.6 is 27.7 Å². The van der Waals surface area contributed by atoms with E-state index in [-0.39, 0.29) is 10.0 Å². The summed E-state index contributed by atoms with van der Waals surface area (Å²) in [7, 11) is 0. The van der Waals surface area contributed by atoms with Crippen LogP contribution in [0.2, 0.25) is 0 Å². The second kappa shape index (κ2) is 4.61. The Kier molecular flexibility index (Phi) is 3.06. The molecule has 2 nitrogen and oxygen atoms in total. The summed E-state index contributed by atoms with van der Waals surface area (Å²) in [4.78, 5) is 0. The standard InChI is InChI=1S/C13H7BrF2N2S/c1-6-2-4-7(5-3-6)8-10(15)11(16)9(14)13-12(8)17-19-18-13/h2-5H,1H3. The van der Waals surface area contributed by atoms with Gasteiger partial charge < -0.3 is 0 Å². The summed E-state index contributed by atoms with van der Waals surface area (Å²) >= 11 is 3.95. The van der Waals surface area contributed by atoms with Crippen LogP contribution in [0.25, 0.3) is 22.2 Å². The van der Waals surface area contributed by atoms with Crippen LogP contribution in [-0.4, -0.2) is 8.75 Å². The van der Waals surface area contributed by atoms with E-state index >= 15 is 0 Å². The summed E-state index contributed by atoms with van der Waals surface area (Å²) in [5.41, 5.74) is 2.52. The Morgan fingerprint density at radius 2 is 1.63 bits per heavy atom. The predicted octanol–water partition coefficient (Wildman–Crippen LogP) is 4.71. The van der Waals surface area contributed by atoms with Crippen LogP contribution in [-0.2, 0) is 0 Å². The Morgan fingerprint density at radius 3 is 2.32 bits per heavy atom. The summed E-state index contributed by atoms with van der Waals surface area (Å²) in [5.74, 6) is -1.84. The number of halogens is 3. The van der Waals surface area contributed by atoms with Crippen molar-refractivity contribution < 1.29 is 8.78 Å². The van der Waals surface area contributed by atoms with Crippen LogP contribution in [0.1, 0.15) is 5.56 Å². The zero-order valence-electron chi connectivity index (χ0n) is 9.75. The number of benzene rings is 2. The molecule has 0 aliphatic heterocycles. The maximum atomic E-state index is 14.2. The van der Waals surface area contributed by atoms with Crippen molar-refractivity contribution in [2.24, 2.45) is 0 Å². The van der Waals surface area contributed by atoms with E-state index in [9.17, 15) is 8.78 Å². The second-order valence-corrected chi connectivity index (χ2v) is 5.47. The monoisotopic (exact) mass is 340 g/mol. The number of fused-ring (bicyclic) bond motifs is 1. The molecule has 0 N–H and O–H groups in total. The van der Waals surface area contributed by atoms with Gasteiger partial charge in [-0.2, -0.15) is 8.75 Å². The largest absolute Gasteiger partial charge is 0.203 e. The molecule has 0 radical (unpaired) electrons. The second-order valence-electron chi connectivity index (χ2n) is 4.14. The highest BCUT2D eigenvalue weighted by Gasteiger charge is 2.22. The number of hydrogen-bond acceptors (Lipinski definition) is 3. The first-order valence-corrected chi connectivity index (χ1v) is 6.97. The summed E-state index contributed by atoms with van der Waals surface area (Å²) in [5, 5.41) is 0. The first-order chi connectivity index (χ1) is 9.09. The zero-order valence-corrected chi connectivity index (χ0v) is 12.1. The third-order valence-electron chi connectivity index (χ3n) is 2.88. The van der Waals surface area contributed by atoms with Crippen molar-refractivity contribution in [1.82, 2.24) is 8.75 Å². The topological polar surface area (TPSA) is 25.8 Å². The molecule has 0 aliphatic rings. The van der Waals surface area contributed by atoms with E-state index < -0.39 is 11.6 Å². The first-order valence-electron chi connectivity index (χ1n) is 5.45. The van der Waals surface area contributed by atoms with Crippen LogP contribution in [0.4, 0.5) is 8.78 Å². The smallest absolute Gasteiger partial charge is 0.176 e. The quantitative estimate of drug-likeness (QED) is 0.599. The Morgan fingerprint density at radius 1 is 1.00 bits per heavy atom. The van der Waals surface area contributed by atoms with Gasteiger partial charge in [-0.3, -0.25) is 0 Å². The molecule has 2 aromatic carbocycles. The van der Waals surface area contributed by atoms with Crippen LogP contribution < -0.4 is 0 Å². The highest BCUT2D eigenvalue weighted by molar-refractivity contribution is 9.10. The molecule has 3 aromatic rings. The molecule has 1 heterocycles. The molecule has 0 unspecified atom stereocenters. The van der Waals surface area contributed by atoms with Gasteiger partial charge in [-0.1, -0.05) is 29.8 Å². The molecule has 1 aromatic heterocycles. The summed E-state index contributed by atoms with van der Waals surface area (Å²) in [6, 6.07) is 7.19. The molecule has 0 atom stereocenters. The van der Waals surface area contributed by atoms with Gasteiger partial charge in [0.1, 0.15) is 11.0 Å². The molecule has 0 fully saturated rings. The van der Waals surface area contributed by atoms with Crippen molar-refractivity contribution in [2.45, 2.75) is 6.92 Å². The lowest BCUT2D eigenvalue weighted by atomic mass is 10.0. The minimum atomic E-state index is -0.934. The normalized spacial score (nSPS) is 11.2. The fourth-order valence-corrected chi connectivity index (χ4v) is 3.02. The molecule has 6 heteroatoms. The lowest BCUT2D eigenvalue weighted by Crippen LogP contribution is -1.94. The SMILES string of the molecule is Cc1ccc(-c2c(F)c(F)c(Br)c3nsnc23)cc1. The van der Waals surface area contributed by atoms with Crippen molar-refractivity contribution in [3.05, 3.63) is 45.9 Å². The molecule has 96 valence electrons. The van der Waals surface area contributed by atoms with E-state index in [1.54, 1.807) is 12.1 Å². The summed E-state index contributed by atoms with van der Waals surface area (Å²) < 4.78 is 36.2. The molecule has 0 bridgehead atoms. The Bertz CT molecular complexity index is 768. The predicted molar refractivity (Wildman–Crippen MR) is 75.2 cm³/mol. The van der Waals surface area contributed by atoms with Gasteiger partial charge in [0.2, 0.25) is 0 Å². The Hall–Kier alpha value is -1.40. The van der Waals surface area contributed by atoms with Gasteiger partial charge in [-0.05, 0) is 28.4 Å². The molecule has 0 aliphatic carbocycles. The van der Waals surface area contributed by atoms with E-state index in [0.29, 0.717) is 16.6 Å². The van der Waals surface area contributed by atoms with Crippen molar-refractivity contribution in [1.29, 1.82) is 0 Å². The van der Waals surface area contributed by atoms with Crippen molar-refractivity contribution in [3.63, 3.8) is 0 Å². The van der Waals surface area contributed by atoms with E-state index in [2.05, 4.69) is 24.7 Å². The number of hydrogen-bond donors (Lipinski definition) is 0. The molecular weight excluding hydrogens is 334 g/mol. The minimum Gasteiger partial charge on any atom is -0.203 e.